The van der Waals surface area contributed by atoms with E-state index in [1.165, 1.54) is 32.8 Å². The van der Waals surface area contributed by atoms with Crippen molar-refractivity contribution in [2.24, 2.45) is 5.92 Å². The number of hydrogen-bond acceptors (Lipinski definition) is 3. The molecule has 0 amide bonds. The highest BCUT2D eigenvalue weighted by atomic mass is 16.5. The molecule has 4 nitrogen and oxygen atoms in total. The van der Waals surface area contributed by atoms with Gasteiger partial charge in [0.25, 0.3) is 0 Å². The van der Waals surface area contributed by atoms with Crippen molar-refractivity contribution in [2.75, 3.05) is 7.11 Å². The van der Waals surface area contributed by atoms with E-state index in [4.69, 9.17) is 5.11 Å². The van der Waals surface area contributed by atoms with Crippen molar-refractivity contribution in [1.29, 1.82) is 0 Å². The summed E-state index contributed by atoms with van der Waals surface area (Å²) in [6.45, 7) is 2.19. The molecule has 1 unspecified atom stereocenters. The smallest absolute Gasteiger partial charge is 0.305 e. The Bertz CT molecular complexity index is 363. The lowest BCUT2D eigenvalue weighted by Crippen LogP contribution is -2.07. The van der Waals surface area contributed by atoms with E-state index < -0.39 is 5.97 Å². The Hall–Kier alpha value is -1.32. The third-order valence-electron chi connectivity index (χ3n) is 4.54. The molecular formula is C21H38O4. The van der Waals surface area contributed by atoms with Crippen molar-refractivity contribution in [2.45, 2.75) is 96.8 Å². The molecule has 0 heterocycles. The number of carboxylic acids is 1. The van der Waals surface area contributed by atoms with E-state index in [9.17, 15) is 9.59 Å². The largest absolute Gasteiger partial charge is 0.481 e. The fraction of sp³-hybridized carbons (Fsp3) is 0.810. The molecule has 0 saturated heterocycles. The van der Waals surface area contributed by atoms with Gasteiger partial charge in [-0.1, -0.05) is 64.0 Å². The third-order valence-corrected chi connectivity index (χ3v) is 4.54. The number of allylic oxidation sites excluding steroid dienone is 2. The number of ether oxygens (including phenoxy) is 1. The van der Waals surface area contributed by atoms with Gasteiger partial charge >= 0.3 is 11.9 Å². The molecule has 0 aromatic heterocycles. The summed E-state index contributed by atoms with van der Waals surface area (Å²) in [6, 6.07) is 0. The van der Waals surface area contributed by atoms with E-state index in [0.29, 0.717) is 6.42 Å². The Kier molecular flexibility index (Phi) is 16.6. The molecule has 0 aromatic carbocycles. The van der Waals surface area contributed by atoms with Crippen LogP contribution in [0.1, 0.15) is 96.8 Å². The summed E-state index contributed by atoms with van der Waals surface area (Å²) in [5.41, 5.74) is 0. The van der Waals surface area contributed by atoms with Crippen molar-refractivity contribution in [1.82, 2.24) is 0 Å². The number of esters is 1. The number of carbonyl (C=O) groups is 2. The zero-order valence-corrected chi connectivity index (χ0v) is 16.3. The second-order valence-corrected chi connectivity index (χ2v) is 6.90. The van der Waals surface area contributed by atoms with Gasteiger partial charge in [0, 0.05) is 12.8 Å². The summed E-state index contributed by atoms with van der Waals surface area (Å²) in [4.78, 5) is 21.9. The van der Waals surface area contributed by atoms with E-state index in [-0.39, 0.29) is 18.3 Å². The van der Waals surface area contributed by atoms with Crippen LogP contribution >= 0.6 is 0 Å². The Morgan fingerprint density at radius 3 is 2.32 bits per heavy atom. The van der Waals surface area contributed by atoms with Crippen molar-refractivity contribution < 1.29 is 19.4 Å². The first-order chi connectivity index (χ1) is 12.1. The molecule has 0 spiro atoms. The summed E-state index contributed by atoms with van der Waals surface area (Å²) in [5.74, 6) is -0.515. The Labute approximate surface area is 154 Å². The number of rotatable bonds is 17. The van der Waals surface area contributed by atoms with Gasteiger partial charge in [-0.05, 0) is 38.0 Å². The predicted octanol–water partition coefficient (Wildman–Crippen LogP) is 5.90. The van der Waals surface area contributed by atoms with Crippen LogP contribution in [0.15, 0.2) is 12.2 Å². The van der Waals surface area contributed by atoms with Crippen LogP contribution in [0, 0.1) is 5.92 Å². The van der Waals surface area contributed by atoms with Crippen LogP contribution in [0.5, 0.6) is 0 Å². The highest BCUT2D eigenvalue weighted by Gasteiger charge is 2.11. The van der Waals surface area contributed by atoms with Gasteiger partial charge in [0.2, 0.25) is 0 Å². The average molecular weight is 355 g/mol. The first kappa shape index (κ1) is 23.7. The van der Waals surface area contributed by atoms with Crippen LogP contribution in [0.3, 0.4) is 0 Å². The molecule has 0 bridgehead atoms. The topological polar surface area (TPSA) is 63.6 Å². The summed E-state index contributed by atoms with van der Waals surface area (Å²) in [5, 5.41) is 9.03. The van der Waals surface area contributed by atoms with Crippen LogP contribution in [0.25, 0.3) is 0 Å². The molecule has 4 heteroatoms. The maximum atomic E-state index is 11.0. The second kappa shape index (κ2) is 17.5. The zero-order chi connectivity index (χ0) is 18.8. The maximum Gasteiger partial charge on any atom is 0.305 e. The van der Waals surface area contributed by atoms with E-state index in [1.807, 2.05) is 0 Å². The second-order valence-electron chi connectivity index (χ2n) is 6.90. The number of hydrogen-bond donors (Lipinski definition) is 1. The zero-order valence-electron chi connectivity index (χ0n) is 16.3. The molecule has 0 aromatic rings. The molecular weight excluding hydrogens is 316 g/mol. The number of carboxylic acid groups (broad SMARTS) is 1. The van der Waals surface area contributed by atoms with Crippen LogP contribution in [-0.2, 0) is 14.3 Å². The van der Waals surface area contributed by atoms with Gasteiger partial charge in [-0.2, -0.15) is 0 Å². The van der Waals surface area contributed by atoms with Crippen LogP contribution < -0.4 is 0 Å². The average Bonchev–Trinajstić information content (AvgIpc) is 2.59. The molecule has 0 aliphatic heterocycles. The molecule has 0 fully saturated rings. The summed E-state index contributed by atoms with van der Waals surface area (Å²) < 4.78 is 4.62. The van der Waals surface area contributed by atoms with Crippen molar-refractivity contribution in [3.8, 4) is 0 Å². The SMILES string of the molecule is CCCCCCC(C/C=C/CCCCCCCC(=O)OC)CC(=O)O. The third kappa shape index (κ3) is 17.3. The normalized spacial score (nSPS) is 12.4. The van der Waals surface area contributed by atoms with Gasteiger partial charge < -0.3 is 9.84 Å². The van der Waals surface area contributed by atoms with Crippen LogP contribution in [-0.4, -0.2) is 24.2 Å². The highest BCUT2D eigenvalue weighted by molar-refractivity contribution is 5.69. The number of methoxy groups -OCH3 is 1. The molecule has 25 heavy (non-hydrogen) atoms. The lowest BCUT2D eigenvalue weighted by atomic mass is 9.94. The van der Waals surface area contributed by atoms with Gasteiger partial charge in [-0.25, -0.2) is 0 Å². The van der Waals surface area contributed by atoms with Crippen molar-refractivity contribution in [3.63, 3.8) is 0 Å². The predicted molar refractivity (Wildman–Crippen MR) is 103 cm³/mol. The van der Waals surface area contributed by atoms with Gasteiger partial charge in [0.1, 0.15) is 0 Å². The van der Waals surface area contributed by atoms with Gasteiger partial charge in [-0.3, -0.25) is 9.59 Å². The fourth-order valence-electron chi connectivity index (χ4n) is 2.98. The summed E-state index contributed by atoms with van der Waals surface area (Å²) in [6.07, 6.45) is 18.5. The van der Waals surface area contributed by atoms with Gasteiger partial charge in [-0.15, -0.1) is 0 Å². The number of unbranched alkanes of at least 4 members (excludes halogenated alkanes) is 8. The quantitative estimate of drug-likeness (QED) is 0.201. The molecule has 1 atom stereocenters. The number of aliphatic carboxylic acids is 1. The highest BCUT2D eigenvalue weighted by Crippen LogP contribution is 2.19. The summed E-state index contributed by atoms with van der Waals surface area (Å²) in [7, 11) is 1.43. The minimum Gasteiger partial charge on any atom is -0.481 e. The van der Waals surface area contributed by atoms with Crippen molar-refractivity contribution >= 4 is 11.9 Å². The molecule has 146 valence electrons. The Morgan fingerprint density at radius 1 is 0.960 bits per heavy atom. The lowest BCUT2D eigenvalue weighted by molar-refractivity contribution is -0.141. The van der Waals surface area contributed by atoms with Gasteiger partial charge in [0.05, 0.1) is 7.11 Å². The fourth-order valence-corrected chi connectivity index (χ4v) is 2.98. The van der Waals surface area contributed by atoms with E-state index in [2.05, 4.69) is 23.8 Å². The van der Waals surface area contributed by atoms with E-state index in [0.717, 1.165) is 51.4 Å². The molecule has 1 N–H and O–H groups in total. The number of carbonyl (C=O) groups excluding carboxylic acids is 1. The first-order valence-corrected chi connectivity index (χ1v) is 10.0. The Balaban J connectivity index is 3.68. The van der Waals surface area contributed by atoms with Crippen LogP contribution in [0.4, 0.5) is 0 Å². The van der Waals surface area contributed by atoms with Gasteiger partial charge in [0.15, 0.2) is 0 Å². The lowest BCUT2D eigenvalue weighted by Gasteiger charge is -2.12. The van der Waals surface area contributed by atoms with E-state index >= 15 is 0 Å². The molecule has 0 saturated carbocycles. The monoisotopic (exact) mass is 354 g/mol. The minimum atomic E-state index is -0.680. The maximum absolute atomic E-state index is 11.0. The molecule has 0 radical (unpaired) electrons. The van der Waals surface area contributed by atoms with E-state index in [1.54, 1.807) is 0 Å². The standard InChI is InChI=1S/C21H38O4/c1-3-4-5-12-15-19(18-20(22)23)16-13-10-8-6-7-9-11-14-17-21(24)25-2/h10,13,19H,3-9,11-12,14-18H2,1-2H3,(H,22,23)/b13-10+. The summed E-state index contributed by atoms with van der Waals surface area (Å²) >= 11 is 0. The van der Waals surface area contributed by atoms with Crippen LogP contribution in [0.2, 0.25) is 0 Å². The Morgan fingerprint density at radius 2 is 1.64 bits per heavy atom. The molecule has 0 aliphatic rings. The molecule has 0 rings (SSSR count). The first-order valence-electron chi connectivity index (χ1n) is 10.0. The van der Waals surface area contributed by atoms with Crippen molar-refractivity contribution in [3.05, 3.63) is 12.2 Å². The molecule has 0 aliphatic carbocycles. The minimum absolute atomic E-state index is 0.117.